The fraction of sp³-hybridized carbons (Fsp3) is 0.571. The van der Waals surface area contributed by atoms with Gasteiger partial charge in [0.15, 0.2) is 0 Å². The summed E-state index contributed by atoms with van der Waals surface area (Å²) in [6.45, 7) is 2.21. The van der Waals surface area contributed by atoms with Crippen LogP contribution < -0.4 is 4.74 Å². The number of unbranched alkanes of at least 4 members (excludes halogenated alkanes) is 2. The SMILES string of the molecule is CCCCCC1CCC(c2cc(F)c(C3CCc4cc(OC(F)(F)F)ccc4C3)c(F)c2)CC1. The molecule has 0 saturated heterocycles. The molecule has 0 N–H and O–H groups in total. The zero-order valence-corrected chi connectivity index (χ0v) is 19.7. The Kier molecular flexibility index (Phi) is 7.83. The second kappa shape index (κ2) is 10.7. The summed E-state index contributed by atoms with van der Waals surface area (Å²) < 4.78 is 71.8. The molecule has 4 rings (SSSR count). The highest BCUT2D eigenvalue weighted by atomic mass is 19.4. The summed E-state index contributed by atoms with van der Waals surface area (Å²) in [5.41, 5.74) is 2.43. The minimum absolute atomic E-state index is 0.110. The molecule has 1 saturated carbocycles. The van der Waals surface area contributed by atoms with Gasteiger partial charge in [-0.25, -0.2) is 8.78 Å². The topological polar surface area (TPSA) is 9.23 Å². The molecule has 34 heavy (non-hydrogen) atoms. The molecule has 0 aliphatic heterocycles. The normalized spacial score (nSPS) is 22.9. The van der Waals surface area contributed by atoms with Crippen LogP contribution in [0.4, 0.5) is 22.0 Å². The monoisotopic (exact) mass is 480 g/mol. The second-order valence-corrected chi connectivity index (χ2v) is 10.0. The fourth-order valence-electron chi connectivity index (χ4n) is 5.87. The Balaban J connectivity index is 1.42. The van der Waals surface area contributed by atoms with Crippen LogP contribution >= 0.6 is 0 Å². The smallest absolute Gasteiger partial charge is 0.406 e. The minimum atomic E-state index is -4.74. The van der Waals surface area contributed by atoms with Crippen LogP contribution in [0.15, 0.2) is 30.3 Å². The van der Waals surface area contributed by atoms with Crippen LogP contribution in [0, 0.1) is 17.6 Å². The molecule has 1 fully saturated rings. The van der Waals surface area contributed by atoms with Crippen molar-refractivity contribution in [1.82, 2.24) is 0 Å². The lowest BCUT2D eigenvalue weighted by molar-refractivity contribution is -0.274. The van der Waals surface area contributed by atoms with E-state index in [1.165, 1.54) is 49.9 Å². The van der Waals surface area contributed by atoms with Gasteiger partial charge in [-0.15, -0.1) is 13.2 Å². The van der Waals surface area contributed by atoms with E-state index >= 15 is 8.78 Å². The van der Waals surface area contributed by atoms with E-state index in [1.54, 1.807) is 6.07 Å². The number of fused-ring (bicyclic) bond motifs is 1. The highest BCUT2D eigenvalue weighted by molar-refractivity contribution is 5.41. The Bertz CT molecular complexity index is 952. The third-order valence-corrected chi connectivity index (χ3v) is 7.68. The molecule has 2 aliphatic rings. The van der Waals surface area contributed by atoms with E-state index in [2.05, 4.69) is 11.7 Å². The highest BCUT2D eigenvalue weighted by Crippen LogP contribution is 2.41. The van der Waals surface area contributed by atoms with E-state index < -0.39 is 18.0 Å². The van der Waals surface area contributed by atoms with E-state index in [-0.39, 0.29) is 23.1 Å². The average Bonchev–Trinajstić information content (AvgIpc) is 2.78. The van der Waals surface area contributed by atoms with Crippen molar-refractivity contribution >= 4 is 0 Å². The van der Waals surface area contributed by atoms with Gasteiger partial charge >= 0.3 is 6.36 Å². The molecule has 1 nitrogen and oxygen atoms in total. The third-order valence-electron chi connectivity index (χ3n) is 7.68. The second-order valence-electron chi connectivity index (χ2n) is 10.0. The van der Waals surface area contributed by atoms with Crippen molar-refractivity contribution in [2.24, 2.45) is 5.92 Å². The zero-order chi connectivity index (χ0) is 24.3. The molecular weight excluding hydrogens is 447 g/mol. The number of rotatable bonds is 7. The molecule has 0 aromatic heterocycles. The summed E-state index contributed by atoms with van der Waals surface area (Å²) in [4.78, 5) is 0. The Labute approximate surface area is 198 Å². The molecular formula is C28H33F5O. The van der Waals surface area contributed by atoms with E-state index in [0.717, 1.165) is 48.3 Å². The zero-order valence-electron chi connectivity index (χ0n) is 19.7. The summed E-state index contributed by atoms with van der Waals surface area (Å²) in [6, 6.07) is 7.27. The number of halogens is 5. The molecule has 0 amide bonds. The summed E-state index contributed by atoms with van der Waals surface area (Å²) in [7, 11) is 0. The van der Waals surface area contributed by atoms with E-state index in [0.29, 0.717) is 19.3 Å². The van der Waals surface area contributed by atoms with Crippen LogP contribution in [0.1, 0.15) is 98.8 Å². The van der Waals surface area contributed by atoms with Crippen LogP contribution in [0.2, 0.25) is 0 Å². The van der Waals surface area contributed by atoms with Crippen molar-refractivity contribution in [3.05, 3.63) is 64.2 Å². The van der Waals surface area contributed by atoms with Crippen LogP contribution in [0.3, 0.4) is 0 Å². The van der Waals surface area contributed by atoms with Crippen molar-refractivity contribution < 1.29 is 26.7 Å². The fourth-order valence-corrected chi connectivity index (χ4v) is 5.87. The van der Waals surface area contributed by atoms with Crippen molar-refractivity contribution in [3.63, 3.8) is 0 Å². The first-order chi connectivity index (χ1) is 16.2. The van der Waals surface area contributed by atoms with Crippen molar-refractivity contribution in [1.29, 1.82) is 0 Å². The Morgan fingerprint density at radius 2 is 1.56 bits per heavy atom. The molecule has 0 radical (unpaired) electrons. The molecule has 0 bridgehead atoms. The molecule has 0 spiro atoms. The summed E-state index contributed by atoms with van der Waals surface area (Å²) in [5, 5.41) is 0. The van der Waals surface area contributed by atoms with Gasteiger partial charge in [-0.05, 0) is 104 Å². The number of aryl methyl sites for hydroxylation is 1. The van der Waals surface area contributed by atoms with Gasteiger partial charge in [-0.1, -0.05) is 38.7 Å². The number of hydrogen-bond donors (Lipinski definition) is 0. The average molecular weight is 481 g/mol. The van der Waals surface area contributed by atoms with Crippen molar-refractivity contribution in [2.45, 2.75) is 95.8 Å². The van der Waals surface area contributed by atoms with Gasteiger partial charge in [0.2, 0.25) is 0 Å². The first-order valence-corrected chi connectivity index (χ1v) is 12.6. The summed E-state index contributed by atoms with van der Waals surface area (Å²) in [5.74, 6) is -0.631. The Morgan fingerprint density at radius 1 is 0.853 bits per heavy atom. The molecule has 1 unspecified atom stereocenters. The third kappa shape index (κ3) is 6.11. The number of benzene rings is 2. The van der Waals surface area contributed by atoms with Crippen molar-refractivity contribution in [3.8, 4) is 5.75 Å². The number of alkyl halides is 3. The first kappa shape index (κ1) is 25.0. The maximum atomic E-state index is 15.2. The number of hydrogen-bond acceptors (Lipinski definition) is 1. The number of ether oxygens (including phenoxy) is 1. The largest absolute Gasteiger partial charge is 0.573 e. The molecule has 0 heterocycles. The van der Waals surface area contributed by atoms with Gasteiger partial charge in [0, 0.05) is 5.56 Å². The summed E-state index contributed by atoms with van der Waals surface area (Å²) >= 11 is 0. The lowest BCUT2D eigenvalue weighted by atomic mass is 9.75. The molecule has 186 valence electrons. The predicted octanol–water partition coefficient (Wildman–Crippen LogP) is 8.99. The molecule has 2 aromatic carbocycles. The van der Waals surface area contributed by atoms with Crippen molar-refractivity contribution in [2.75, 3.05) is 0 Å². The van der Waals surface area contributed by atoms with Gasteiger partial charge in [0.1, 0.15) is 17.4 Å². The minimum Gasteiger partial charge on any atom is -0.406 e. The maximum absolute atomic E-state index is 15.2. The maximum Gasteiger partial charge on any atom is 0.573 e. The highest BCUT2D eigenvalue weighted by Gasteiger charge is 2.32. The van der Waals surface area contributed by atoms with Crippen LogP contribution in [-0.4, -0.2) is 6.36 Å². The van der Waals surface area contributed by atoms with Crippen LogP contribution in [-0.2, 0) is 12.8 Å². The lowest BCUT2D eigenvalue weighted by Crippen LogP contribution is -2.19. The van der Waals surface area contributed by atoms with Gasteiger partial charge in [0.05, 0.1) is 0 Å². The van der Waals surface area contributed by atoms with Gasteiger partial charge in [-0.3, -0.25) is 0 Å². The Morgan fingerprint density at radius 3 is 2.21 bits per heavy atom. The van der Waals surface area contributed by atoms with Crippen LogP contribution in [0.5, 0.6) is 5.75 Å². The molecule has 2 aliphatic carbocycles. The quantitative estimate of drug-likeness (QED) is 0.284. The first-order valence-electron chi connectivity index (χ1n) is 12.6. The van der Waals surface area contributed by atoms with Crippen LogP contribution in [0.25, 0.3) is 0 Å². The molecule has 1 atom stereocenters. The molecule has 6 heteroatoms. The van der Waals surface area contributed by atoms with E-state index in [9.17, 15) is 13.2 Å². The predicted molar refractivity (Wildman–Crippen MR) is 123 cm³/mol. The molecule has 2 aromatic rings. The standard InChI is InChI=1S/C28H33F5O/c1-2-3-4-5-18-6-8-19(9-7-18)23-16-25(29)27(26(30)17-23)22-11-10-21-15-24(34-28(31,32)33)13-12-20(21)14-22/h12-13,15-19,22H,2-11,14H2,1H3. The van der Waals surface area contributed by atoms with E-state index in [4.69, 9.17) is 0 Å². The summed E-state index contributed by atoms with van der Waals surface area (Å²) in [6.07, 6.45) is 5.83. The van der Waals surface area contributed by atoms with Gasteiger partial charge in [0.25, 0.3) is 0 Å². The van der Waals surface area contributed by atoms with Gasteiger partial charge in [-0.2, -0.15) is 0 Å². The lowest BCUT2D eigenvalue weighted by Gasteiger charge is -2.30. The van der Waals surface area contributed by atoms with E-state index in [1.807, 2.05) is 0 Å². The van der Waals surface area contributed by atoms with Gasteiger partial charge < -0.3 is 4.74 Å². The Hall–Kier alpha value is -2.11.